The molecule has 3 nitrogen and oxygen atoms in total. The van der Waals surface area contributed by atoms with Gasteiger partial charge in [-0.15, -0.1) is 0 Å². The fourth-order valence-electron chi connectivity index (χ4n) is 2.29. The zero-order valence-electron chi connectivity index (χ0n) is 10.5. The summed E-state index contributed by atoms with van der Waals surface area (Å²) in [6.45, 7) is 3.40. The van der Waals surface area contributed by atoms with Crippen molar-refractivity contribution >= 4 is 5.69 Å². The summed E-state index contributed by atoms with van der Waals surface area (Å²) in [6, 6.07) is 8.14. The third-order valence-electron chi connectivity index (χ3n) is 3.36. The van der Waals surface area contributed by atoms with Crippen molar-refractivity contribution < 1.29 is 4.74 Å². The predicted octanol–water partition coefficient (Wildman–Crippen LogP) is 2.50. The lowest BCUT2D eigenvalue weighted by molar-refractivity contribution is 0.415. The molecule has 1 aliphatic rings. The molecule has 1 atom stereocenters. The van der Waals surface area contributed by atoms with Gasteiger partial charge in [0, 0.05) is 18.3 Å². The molecule has 1 heterocycles. The first kappa shape index (κ1) is 12.2. The molecular weight excluding hydrogens is 212 g/mol. The van der Waals surface area contributed by atoms with Gasteiger partial charge in [-0.1, -0.05) is 6.07 Å². The molecule has 0 spiro atoms. The first-order valence-corrected chi connectivity index (χ1v) is 6.47. The number of hydrogen-bond acceptors (Lipinski definition) is 3. The van der Waals surface area contributed by atoms with Crippen LogP contribution in [0.2, 0.25) is 0 Å². The molecule has 1 aliphatic heterocycles. The van der Waals surface area contributed by atoms with Crippen LogP contribution in [0.15, 0.2) is 24.3 Å². The number of anilines is 1. The molecule has 2 rings (SSSR count). The van der Waals surface area contributed by atoms with Crippen LogP contribution >= 0.6 is 0 Å². The molecule has 3 heteroatoms. The maximum Gasteiger partial charge on any atom is 0.120 e. The van der Waals surface area contributed by atoms with Crippen LogP contribution < -0.4 is 15.4 Å². The van der Waals surface area contributed by atoms with E-state index in [-0.39, 0.29) is 0 Å². The Balaban J connectivity index is 1.83. The minimum Gasteiger partial charge on any atom is -0.497 e. The molecule has 1 aromatic rings. The van der Waals surface area contributed by atoms with Gasteiger partial charge in [-0.3, -0.25) is 0 Å². The summed E-state index contributed by atoms with van der Waals surface area (Å²) < 4.78 is 5.22. The van der Waals surface area contributed by atoms with Gasteiger partial charge in [0.05, 0.1) is 7.11 Å². The standard InChI is InChI=1S/C14H22N2O/c1-17-14-6-2-5-13(10-14)16-11-12-4-3-8-15-9-7-12/h2,5-6,10,12,15-16H,3-4,7-9,11H2,1H3. The van der Waals surface area contributed by atoms with Crippen LogP contribution in [-0.2, 0) is 0 Å². The Hall–Kier alpha value is -1.22. The number of hydrogen-bond donors (Lipinski definition) is 2. The summed E-state index contributed by atoms with van der Waals surface area (Å²) >= 11 is 0. The molecule has 0 radical (unpaired) electrons. The molecule has 94 valence electrons. The van der Waals surface area contributed by atoms with Gasteiger partial charge in [-0.05, 0) is 50.4 Å². The first-order chi connectivity index (χ1) is 8.38. The highest BCUT2D eigenvalue weighted by Crippen LogP contribution is 2.19. The quantitative estimate of drug-likeness (QED) is 0.839. The number of rotatable bonds is 4. The molecule has 2 N–H and O–H groups in total. The second-order valence-corrected chi connectivity index (χ2v) is 4.66. The lowest BCUT2D eigenvalue weighted by Crippen LogP contribution is -2.17. The highest BCUT2D eigenvalue weighted by molar-refractivity contribution is 5.48. The van der Waals surface area contributed by atoms with E-state index in [2.05, 4.69) is 22.8 Å². The monoisotopic (exact) mass is 234 g/mol. The van der Waals surface area contributed by atoms with Crippen LogP contribution in [0.1, 0.15) is 19.3 Å². The number of methoxy groups -OCH3 is 1. The van der Waals surface area contributed by atoms with Crippen molar-refractivity contribution in [3.05, 3.63) is 24.3 Å². The van der Waals surface area contributed by atoms with Gasteiger partial charge in [0.15, 0.2) is 0 Å². The molecule has 0 bridgehead atoms. The number of benzene rings is 1. The molecule has 1 aromatic carbocycles. The topological polar surface area (TPSA) is 33.3 Å². The molecule has 0 aromatic heterocycles. The highest BCUT2D eigenvalue weighted by Gasteiger charge is 2.11. The Morgan fingerprint density at radius 1 is 1.35 bits per heavy atom. The van der Waals surface area contributed by atoms with Gasteiger partial charge in [-0.25, -0.2) is 0 Å². The lowest BCUT2D eigenvalue weighted by atomic mass is 10.0. The molecule has 0 saturated carbocycles. The van der Waals surface area contributed by atoms with E-state index in [4.69, 9.17) is 4.74 Å². The second kappa shape index (κ2) is 6.50. The van der Waals surface area contributed by atoms with E-state index >= 15 is 0 Å². The summed E-state index contributed by atoms with van der Waals surface area (Å²) in [5, 5.41) is 6.95. The smallest absolute Gasteiger partial charge is 0.120 e. The molecule has 1 saturated heterocycles. The van der Waals surface area contributed by atoms with Gasteiger partial charge in [0.1, 0.15) is 5.75 Å². The summed E-state index contributed by atoms with van der Waals surface area (Å²) in [5.74, 6) is 1.70. The molecule has 0 amide bonds. The third kappa shape index (κ3) is 3.93. The number of ether oxygens (including phenoxy) is 1. The Morgan fingerprint density at radius 2 is 2.29 bits per heavy atom. The maximum absolute atomic E-state index is 5.22. The zero-order chi connectivity index (χ0) is 11.9. The Labute approximate surface area is 104 Å². The van der Waals surface area contributed by atoms with Crippen LogP contribution in [-0.4, -0.2) is 26.7 Å². The Bertz CT molecular complexity index is 333. The summed E-state index contributed by atoms with van der Waals surface area (Å²) in [7, 11) is 1.70. The summed E-state index contributed by atoms with van der Waals surface area (Å²) in [5.41, 5.74) is 1.15. The van der Waals surface area contributed by atoms with Crippen LogP contribution in [0.3, 0.4) is 0 Å². The summed E-state index contributed by atoms with van der Waals surface area (Å²) in [6.07, 6.45) is 3.89. The Morgan fingerprint density at radius 3 is 3.18 bits per heavy atom. The van der Waals surface area contributed by atoms with Crippen molar-refractivity contribution in [2.75, 3.05) is 32.1 Å². The fraction of sp³-hybridized carbons (Fsp3) is 0.571. The van der Waals surface area contributed by atoms with Crippen LogP contribution in [0, 0.1) is 5.92 Å². The molecule has 1 fully saturated rings. The number of nitrogens with one attached hydrogen (secondary N) is 2. The van der Waals surface area contributed by atoms with Gasteiger partial charge in [0.2, 0.25) is 0 Å². The van der Waals surface area contributed by atoms with Crippen molar-refractivity contribution in [3.8, 4) is 5.75 Å². The van der Waals surface area contributed by atoms with Crippen LogP contribution in [0.4, 0.5) is 5.69 Å². The van der Waals surface area contributed by atoms with Gasteiger partial charge in [-0.2, -0.15) is 0 Å². The van der Waals surface area contributed by atoms with Crippen molar-refractivity contribution in [2.45, 2.75) is 19.3 Å². The van der Waals surface area contributed by atoms with E-state index < -0.39 is 0 Å². The SMILES string of the molecule is COc1cccc(NCC2CCCNCC2)c1. The lowest BCUT2D eigenvalue weighted by Gasteiger charge is -2.15. The zero-order valence-corrected chi connectivity index (χ0v) is 10.5. The average Bonchev–Trinajstić information content (AvgIpc) is 2.65. The maximum atomic E-state index is 5.22. The second-order valence-electron chi connectivity index (χ2n) is 4.66. The van der Waals surface area contributed by atoms with E-state index in [1.54, 1.807) is 7.11 Å². The third-order valence-corrected chi connectivity index (χ3v) is 3.36. The highest BCUT2D eigenvalue weighted by atomic mass is 16.5. The van der Waals surface area contributed by atoms with E-state index in [1.165, 1.54) is 25.8 Å². The van der Waals surface area contributed by atoms with Crippen LogP contribution in [0.5, 0.6) is 5.75 Å². The minimum absolute atomic E-state index is 0.788. The molecule has 17 heavy (non-hydrogen) atoms. The molecule has 1 unspecified atom stereocenters. The van der Waals surface area contributed by atoms with Crippen molar-refractivity contribution in [3.63, 3.8) is 0 Å². The Kier molecular flexibility index (Phi) is 4.68. The van der Waals surface area contributed by atoms with E-state index in [0.717, 1.165) is 30.4 Å². The van der Waals surface area contributed by atoms with Crippen molar-refractivity contribution in [1.29, 1.82) is 0 Å². The van der Waals surface area contributed by atoms with E-state index in [0.29, 0.717) is 0 Å². The normalized spacial score (nSPS) is 20.6. The van der Waals surface area contributed by atoms with E-state index in [9.17, 15) is 0 Å². The van der Waals surface area contributed by atoms with E-state index in [1.807, 2.05) is 12.1 Å². The molecular formula is C14H22N2O. The minimum atomic E-state index is 0.788. The van der Waals surface area contributed by atoms with Crippen LogP contribution in [0.25, 0.3) is 0 Å². The fourth-order valence-corrected chi connectivity index (χ4v) is 2.29. The predicted molar refractivity (Wildman–Crippen MR) is 71.7 cm³/mol. The van der Waals surface area contributed by atoms with Crippen molar-refractivity contribution in [2.24, 2.45) is 5.92 Å². The first-order valence-electron chi connectivity index (χ1n) is 6.47. The largest absolute Gasteiger partial charge is 0.497 e. The van der Waals surface area contributed by atoms with Gasteiger partial charge in [0.25, 0.3) is 0 Å². The van der Waals surface area contributed by atoms with Gasteiger partial charge >= 0.3 is 0 Å². The average molecular weight is 234 g/mol. The molecule has 0 aliphatic carbocycles. The van der Waals surface area contributed by atoms with Crippen molar-refractivity contribution in [1.82, 2.24) is 5.32 Å². The van der Waals surface area contributed by atoms with Gasteiger partial charge < -0.3 is 15.4 Å². The summed E-state index contributed by atoms with van der Waals surface area (Å²) in [4.78, 5) is 0.